The van der Waals surface area contributed by atoms with Gasteiger partial charge in [-0.25, -0.2) is 4.98 Å². The number of nitrogens with one attached hydrogen (secondary N) is 2. The van der Waals surface area contributed by atoms with Crippen molar-refractivity contribution in [2.24, 2.45) is 0 Å². The van der Waals surface area contributed by atoms with Crippen LogP contribution in [0.5, 0.6) is 0 Å². The van der Waals surface area contributed by atoms with E-state index in [-0.39, 0.29) is 5.91 Å². The number of hydrogen-bond donors (Lipinski definition) is 3. The number of nitrogens with two attached hydrogens (primary N) is 1. The third kappa shape index (κ3) is 3.57. The van der Waals surface area contributed by atoms with Gasteiger partial charge in [-0.1, -0.05) is 35.3 Å². The van der Waals surface area contributed by atoms with Crippen LogP contribution in [0.4, 0.5) is 11.4 Å². The van der Waals surface area contributed by atoms with Gasteiger partial charge in [-0.05, 0) is 24.3 Å². The van der Waals surface area contributed by atoms with Gasteiger partial charge < -0.3 is 16.0 Å². The Hall–Kier alpha value is -2.24. The Balaban J connectivity index is 1.63. The number of aromatic nitrogens is 2. The molecule has 0 saturated carbocycles. The Labute approximate surface area is 142 Å². The van der Waals surface area contributed by atoms with Crippen LogP contribution < -0.4 is 11.1 Å². The van der Waals surface area contributed by atoms with Gasteiger partial charge in [0.25, 0.3) is 0 Å². The smallest absolute Gasteiger partial charge is 0.224 e. The number of aromatic amines is 1. The average Bonchev–Trinajstić information content (AvgIpc) is 2.93. The summed E-state index contributed by atoms with van der Waals surface area (Å²) < 4.78 is 0. The summed E-state index contributed by atoms with van der Waals surface area (Å²) in [5.74, 6) is 0.622. The molecular formula is C16H14Cl2N4O. The molecule has 0 unspecified atom stereocenters. The molecule has 23 heavy (non-hydrogen) atoms. The van der Waals surface area contributed by atoms with E-state index in [1.165, 1.54) is 0 Å². The molecule has 3 rings (SSSR count). The van der Waals surface area contributed by atoms with Gasteiger partial charge in [-0.3, -0.25) is 4.79 Å². The molecule has 0 aliphatic heterocycles. The predicted octanol–water partition coefficient (Wildman–Crippen LogP) is 4.02. The summed E-state index contributed by atoms with van der Waals surface area (Å²) in [4.78, 5) is 19.7. The Bertz CT molecular complexity index is 819. The second kappa shape index (κ2) is 6.48. The first-order chi connectivity index (χ1) is 11.0. The van der Waals surface area contributed by atoms with E-state index in [9.17, 15) is 4.79 Å². The number of carbonyl (C=O) groups is 1. The second-order valence-electron chi connectivity index (χ2n) is 5.10. The summed E-state index contributed by atoms with van der Waals surface area (Å²) in [6.07, 6.45) is 0.802. The number of halogens is 2. The summed E-state index contributed by atoms with van der Waals surface area (Å²) in [5.41, 5.74) is 8.33. The molecule has 1 heterocycles. The molecule has 0 bridgehead atoms. The van der Waals surface area contributed by atoms with Gasteiger partial charge in [0.15, 0.2) is 0 Å². The van der Waals surface area contributed by atoms with Crippen LogP contribution in [0, 0.1) is 0 Å². The van der Waals surface area contributed by atoms with E-state index in [1.807, 2.05) is 24.3 Å². The summed E-state index contributed by atoms with van der Waals surface area (Å²) >= 11 is 11.9. The van der Waals surface area contributed by atoms with Crippen molar-refractivity contribution >= 4 is 51.5 Å². The highest BCUT2D eigenvalue weighted by Crippen LogP contribution is 2.31. The van der Waals surface area contributed by atoms with Crippen molar-refractivity contribution < 1.29 is 4.79 Å². The molecule has 5 nitrogen and oxygen atoms in total. The minimum Gasteiger partial charge on any atom is -0.396 e. The average molecular weight is 349 g/mol. The fraction of sp³-hybridized carbons (Fsp3) is 0.125. The lowest BCUT2D eigenvalue weighted by Gasteiger charge is -2.08. The van der Waals surface area contributed by atoms with Crippen LogP contribution in [-0.4, -0.2) is 15.9 Å². The molecule has 0 fully saturated rings. The Morgan fingerprint density at radius 1 is 1.22 bits per heavy atom. The molecule has 0 radical (unpaired) electrons. The van der Waals surface area contributed by atoms with Crippen LogP contribution in [0.1, 0.15) is 12.2 Å². The number of H-pyrrole nitrogens is 1. The molecule has 0 aliphatic carbocycles. The number of anilines is 2. The van der Waals surface area contributed by atoms with Crippen molar-refractivity contribution in [3.63, 3.8) is 0 Å². The second-order valence-corrected chi connectivity index (χ2v) is 5.92. The number of rotatable bonds is 4. The molecule has 7 heteroatoms. The Morgan fingerprint density at radius 3 is 2.61 bits per heavy atom. The summed E-state index contributed by atoms with van der Waals surface area (Å²) in [5, 5.41) is 3.37. The van der Waals surface area contributed by atoms with Crippen molar-refractivity contribution in [3.05, 3.63) is 52.3 Å². The van der Waals surface area contributed by atoms with Crippen LogP contribution >= 0.6 is 23.2 Å². The third-order valence-corrected chi connectivity index (χ3v) is 4.02. The lowest BCUT2D eigenvalue weighted by molar-refractivity contribution is -0.116. The number of benzene rings is 2. The fourth-order valence-electron chi connectivity index (χ4n) is 2.24. The van der Waals surface area contributed by atoms with Crippen molar-refractivity contribution in [2.45, 2.75) is 12.8 Å². The molecule has 3 aromatic rings. The molecular weight excluding hydrogens is 335 g/mol. The van der Waals surface area contributed by atoms with Gasteiger partial charge in [-0.15, -0.1) is 0 Å². The number of hydrogen-bond acceptors (Lipinski definition) is 3. The number of aryl methyl sites for hydroxylation is 1. The van der Waals surface area contributed by atoms with Crippen LogP contribution in [0.15, 0.2) is 36.4 Å². The van der Waals surface area contributed by atoms with E-state index in [0.29, 0.717) is 34.3 Å². The first kappa shape index (κ1) is 15.6. The maximum absolute atomic E-state index is 12.0. The van der Waals surface area contributed by atoms with Crippen molar-refractivity contribution in [2.75, 3.05) is 11.1 Å². The van der Waals surface area contributed by atoms with E-state index in [2.05, 4.69) is 15.3 Å². The summed E-state index contributed by atoms with van der Waals surface area (Å²) in [6, 6.07) is 10.9. The maximum Gasteiger partial charge on any atom is 0.224 e. The van der Waals surface area contributed by atoms with Gasteiger partial charge in [0.05, 0.1) is 26.8 Å². The lowest BCUT2D eigenvalue weighted by Crippen LogP contribution is -2.13. The summed E-state index contributed by atoms with van der Waals surface area (Å²) in [7, 11) is 0. The number of imidazole rings is 1. The minimum absolute atomic E-state index is 0.151. The lowest BCUT2D eigenvalue weighted by atomic mass is 10.2. The quantitative estimate of drug-likeness (QED) is 0.622. The number of nitrogen functional groups attached to an aromatic ring is 1. The molecule has 0 spiro atoms. The fourth-order valence-corrected chi connectivity index (χ4v) is 2.72. The molecule has 1 amide bonds. The number of nitrogens with zero attached hydrogens (tertiary/aromatic N) is 1. The minimum atomic E-state index is -0.151. The van der Waals surface area contributed by atoms with E-state index < -0.39 is 0 Å². The number of para-hydroxylation sites is 2. The maximum atomic E-state index is 12.0. The SMILES string of the molecule is Nc1c(Cl)cc(NC(=O)CCc2nc3ccccc3[nH]2)cc1Cl. The van der Waals surface area contributed by atoms with Crippen LogP contribution in [0.25, 0.3) is 11.0 Å². The first-order valence-electron chi connectivity index (χ1n) is 7.01. The van der Waals surface area contributed by atoms with Crippen LogP contribution in [0.3, 0.4) is 0 Å². The van der Waals surface area contributed by atoms with Gasteiger partial charge in [-0.2, -0.15) is 0 Å². The first-order valence-corrected chi connectivity index (χ1v) is 7.76. The van der Waals surface area contributed by atoms with Gasteiger partial charge >= 0.3 is 0 Å². The molecule has 0 aliphatic rings. The molecule has 0 saturated heterocycles. The highest BCUT2D eigenvalue weighted by molar-refractivity contribution is 6.39. The standard InChI is InChI=1S/C16H14Cl2N4O/c17-10-7-9(8-11(18)16(10)19)20-15(23)6-5-14-21-12-3-1-2-4-13(12)22-14/h1-4,7-8H,5-6,19H2,(H,20,23)(H,21,22). The van der Waals surface area contributed by atoms with Crippen LogP contribution in [0.2, 0.25) is 10.0 Å². The Kier molecular flexibility index (Phi) is 4.41. The van der Waals surface area contributed by atoms with Crippen molar-refractivity contribution in [1.82, 2.24) is 9.97 Å². The predicted molar refractivity (Wildman–Crippen MR) is 93.9 cm³/mol. The molecule has 2 aromatic carbocycles. The van der Waals surface area contributed by atoms with Crippen LogP contribution in [-0.2, 0) is 11.2 Å². The normalized spacial score (nSPS) is 10.9. The monoisotopic (exact) mass is 348 g/mol. The number of amides is 1. The third-order valence-electron chi connectivity index (χ3n) is 3.39. The Morgan fingerprint density at radius 2 is 1.91 bits per heavy atom. The summed E-state index contributed by atoms with van der Waals surface area (Å²) in [6.45, 7) is 0. The molecule has 1 aromatic heterocycles. The zero-order valence-electron chi connectivity index (χ0n) is 12.1. The molecule has 118 valence electrons. The van der Waals surface area contributed by atoms with Crippen molar-refractivity contribution in [1.29, 1.82) is 0 Å². The van der Waals surface area contributed by atoms with Gasteiger partial charge in [0.2, 0.25) is 5.91 Å². The zero-order chi connectivity index (χ0) is 16.4. The molecule has 4 N–H and O–H groups in total. The van der Waals surface area contributed by atoms with Gasteiger partial charge in [0, 0.05) is 18.5 Å². The van der Waals surface area contributed by atoms with E-state index in [4.69, 9.17) is 28.9 Å². The van der Waals surface area contributed by atoms with E-state index in [1.54, 1.807) is 12.1 Å². The molecule has 0 atom stereocenters. The van der Waals surface area contributed by atoms with Crippen molar-refractivity contribution in [3.8, 4) is 0 Å². The topological polar surface area (TPSA) is 83.8 Å². The van der Waals surface area contributed by atoms with E-state index >= 15 is 0 Å². The zero-order valence-corrected chi connectivity index (χ0v) is 13.6. The highest BCUT2D eigenvalue weighted by atomic mass is 35.5. The highest BCUT2D eigenvalue weighted by Gasteiger charge is 2.09. The van der Waals surface area contributed by atoms with Gasteiger partial charge in [0.1, 0.15) is 5.82 Å². The van der Waals surface area contributed by atoms with E-state index in [0.717, 1.165) is 16.9 Å². The largest absolute Gasteiger partial charge is 0.396 e. The number of fused-ring (bicyclic) bond motifs is 1. The number of carbonyl (C=O) groups excluding carboxylic acids is 1.